The maximum Gasteiger partial charge on any atom is 0.0575 e. The van der Waals surface area contributed by atoms with E-state index in [0.29, 0.717) is 0 Å². The van der Waals surface area contributed by atoms with Gasteiger partial charge in [-0.25, -0.2) is 0 Å². The number of benzene rings is 2. The zero-order valence-electron chi connectivity index (χ0n) is 14.5. The van der Waals surface area contributed by atoms with Crippen LogP contribution in [-0.4, -0.2) is 0 Å². The second-order valence-corrected chi connectivity index (χ2v) is 6.99. The smallest absolute Gasteiger partial charge is 0.0575 e. The molecule has 118 valence electrons. The lowest BCUT2D eigenvalue weighted by atomic mass is 9.85. The first kappa shape index (κ1) is 15.6. The number of hydrogen-bond acceptors (Lipinski definition) is 1. The summed E-state index contributed by atoms with van der Waals surface area (Å²) in [5.41, 5.74) is 8.03. The van der Waals surface area contributed by atoms with Crippen LogP contribution in [0.3, 0.4) is 0 Å². The lowest BCUT2D eigenvalue weighted by Gasteiger charge is -2.31. The van der Waals surface area contributed by atoms with Gasteiger partial charge in [0.25, 0.3) is 0 Å². The van der Waals surface area contributed by atoms with Gasteiger partial charge in [0.1, 0.15) is 0 Å². The van der Waals surface area contributed by atoms with Gasteiger partial charge >= 0.3 is 0 Å². The van der Waals surface area contributed by atoms with Crippen LogP contribution in [-0.2, 0) is 5.54 Å². The molecule has 1 N–H and O–H groups in total. The first-order chi connectivity index (χ1) is 11.0. The van der Waals surface area contributed by atoms with E-state index in [1.165, 1.54) is 27.8 Å². The van der Waals surface area contributed by atoms with Crippen LogP contribution in [0.2, 0.25) is 0 Å². The van der Waals surface area contributed by atoms with Crippen molar-refractivity contribution in [2.45, 2.75) is 39.7 Å². The molecule has 3 rings (SSSR count). The Kier molecular flexibility index (Phi) is 4.12. The lowest BCUT2D eigenvalue weighted by molar-refractivity contribution is 0.607. The molecular formula is C22H25N. The van der Waals surface area contributed by atoms with Gasteiger partial charge in [-0.1, -0.05) is 54.1 Å². The molecular weight excluding hydrogens is 278 g/mol. The second-order valence-electron chi connectivity index (χ2n) is 6.99. The highest BCUT2D eigenvalue weighted by atomic mass is 15.0. The van der Waals surface area contributed by atoms with E-state index in [2.05, 4.69) is 87.6 Å². The maximum atomic E-state index is 3.68. The Morgan fingerprint density at radius 3 is 2.17 bits per heavy atom. The summed E-state index contributed by atoms with van der Waals surface area (Å²) in [5, 5.41) is 3.68. The van der Waals surface area contributed by atoms with Crippen molar-refractivity contribution >= 4 is 11.3 Å². The van der Waals surface area contributed by atoms with Gasteiger partial charge in [0.15, 0.2) is 0 Å². The molecule has 0 saturated carbocycles. The first-order valence-electron chi connectivity index (χ1n) is 8.27. The van der Waals surface area contributed by atoms with E-state index in [1.54, 1.807) is 0 Å². The normalized spacial score (nSPS) is 14.9. The SMILES string of the molecule is CC1=CC(C)=C(c2ccccc2C(C)(C)Nc2ccccc2)C1. The zero-order valence-corrected chi connectivity index (χ0v) is 14.5. The number of hydrogen-bond donors (Lipinski definition) is 1. The molecule has 0 aromatic heterocycles. The topological polar surface area (TPSA) is 12.0 Å². The summed E-state index contributed by atoms with van der Waals surface area (Å²) in [4.78, 5) is 0. The largest absolute Gasteiger partial charge is 0.376 e. The minimum absolute atomic E-state index is 0.137. The van der Waals surface area contributed by atoms with Crippen molar-refractivity contribution in [3.63, 3.8) is 0 Å². The summed E-state index contributed by atoms with van der Waals surface area (Å²) in [7, 11) is 0. The zero-order chi connectivity index (χ0) is 16.4. The van der Waals surface area contributed by atoms with E-state index in [9.17, 15) is 0 Å². The fraction of sp³-hybridized carbons (Fsp3) is 0.273. The van der Waals surface area contributed by atoms with Gasteiger partial charge in [0.2, 0.25) is 0 Å². The molecule has 0 fully saturated rings. The molecule has 0 spiro atoms. The lowest BCUT2D eigenvalue weighted by Crippen LogP contribution is -2.29. The Balaban J connectivity index is 1.99. The van der Waals surface area contributed by atoms with Gasteiger partial charge in [0, 0.05) is 5.69 Å². The number of rotatable bonds is 4. The van der Waals surface area contributed by atoms with E-state index in [4.69, 9.17) is 0 Å². The maximum absolute atomic E-state index is 3.68. The Labute approximate surface area is 139 Å². The molecule has 0 saturated heterocycles. The predicted octanol–water partition coefficient (Wildman–Crippen LogP) is 6.16. The summed E-state index contributed by atoms with van der Waals surface area (Å²) in [5.74, 6) is 0. The number of allylic oxidation sites excluding steroid dienone is 4. The van der Waals surface area contributed by atoms with Crippen molar-refractivity contribution < 1.29 is 0 Å². The highest BCUT2D eigenvalue weighted by molar-refractivity contribution is 5.78. The fourth-order valence-corrected chi connectivity index (χ4v) is 3.47. The molecule has 1 nitrogen and oxygen atoms in total. The third-order valence-corrected chi connectivity index (χ3v) is 4.55. The van der Waals surface area contributed by atoms with E-state index < -0.39 is 0 Å². The van der Waals surface area contributed by atoms with Gasteiger partial charge < -0.3 is 5.32 Å². The Bertz CT molecular complexity index is 764. The number of anilines is 1. The minimum atomic E-state index is -0.137. The van der Waals surface area contributed by atoms with E-state index in [0.717, 1.165) is 12.1 Å². The van der Waals surface area contributed by atoms with E-state index >= 15 is 0 Å². The van der Waals surface area contributed by atoms with Crippen molar-refractivity contribution in [3.8, 4) is 0 Å². The predicted molar refractivity (Wildman–Crippen MR) is 101 cm³/mol. The Hall–Kier alpha value is -2.28. The van der Waals surface area contributed by atoms with Gasteiger partial charge in [-0.3, -0.25) is 0 Å². The molecule has 1 aliphatic rings. The fourth-order valence-electron chi connectivity index (χ4n) is 3.47. The van der Waals surface area contributed by atoms with Gasteiger partial charge in [-0.15, -0.1) is 0 Å². The highest BCUT2D eigenvalue weighted by Gasteiger charge is 2.25. The van der Waals surface area contributed by atoms with Crippen LogP contribution in [0.1, 0.15) is 45.2 Å². The van der Waals surface area contributed by atoms with Crippen LogP contribution in [0, 0.1) is 0 Å². The third kappa shape index (κ3) is 3.24. The van der Waals surface area contributed by atoms with Gasteiger partial charge in [-0.05, 0) is 68.5 Å². The average molecular weight is 303 g/mol. The summed E-state index contributed by atoms with van der Waals surface area (Å²) in [6.07, 6.45) is 3.37. The molecule has 23 heavy (non-hydrogen) atoms. The standard InChI is InChI=1S/C22H25N/c1-16-14-17(2)20(15-16)19-12-8-9-13-21(19)22(3,4)23-18-10-6-5-7-11-18/h5-14,23H,15H2,1-4H3. The molecule has 2 aromatic rings. The van der Waals surface area contributed by atoms with Crippen molar-refractivity contribution in [1.82, 2.24) is 0 Å². The minimum Gasteiger partial charge on any atom is -0.376 e. The molecule has 0 unspecified atom stereocenters. The molecule has 0 atom stereocenters. The van der Waals surface area contributed by atoms with Crippen LogP contribution < -0.4 is 5.32 Å². The summed E-state index contributed by atoms with van der Waals surface area (Å²) in [6, 6.07) is 19.2. The molecule has 0 radical (unpaired) electrons. The van der Waals surface area contributed by atoms with Gasteiger partial charge in [0.05, 0.1) is 5.54 Å². The van der Waals surface area contributed by atoms with Crippen molar-refractivity contribution in [2.75, 3.05) is 5.32 Å². The first-order valence-corrected chi connectivity index (χ1v) is 8.27. The Morgan fingerprint density at radius 1 is 0.870 bits per heavy atom. The van der Waals surface area contributed by atoms with Crippen LogP contribution >= 0.6 is 0 Å². The van der Waals surface area contributed by atoms with Crippen molar-refractivity contribution in [3.05, 3.63) is 82.9 Å². The van der Waals surface area contributed by atoms with Crippen LogP contribution in [0.4, 0.5) is 5.69 Å². The third-order valence-electron chi connectivity index (χ3n) is 4.55. The number of para-hydroxylation sites is 1. The molecule has 0 aliphatic heterocycles. The van der Waals surface area contributed by atoms with Crippen molar-refractivity contribution in [2.24, 2.45) is 0 Å². The van der Waals surface area contributed by atoms with E-state index in [-0.39, 0.29) is 5.54 Å². The molecule has 1 aliphatic carbocycles. The molecule has 0 bridgehead atoms. The summed E-state index contributed by atoms with van der Waals surface area (Å²) in [6.45, 7) is 8.95. The quantitative estimate of drug-likeness (QED) is 0.713. The van der Waals surface area contributed by atoms with Gasteiger partial charge in [-0.2, -0.15) is 0 Å². The average Bonchev–Trinajstić information content (AvgIpc) is 2.86. The molecule has 1 heteroatoms. The second kappa shape index (κ2) is 6.08. The monoisotopic (exact) mass is 303 g/mol. The van der Waals surface area contributed by atoms with Crippen LogP contribution in [0.15, 0.2) is 71.8 Å². The molecule has 2 aromatic carbocycles. The molecule has 0 amide bonds. The van der Waals surface area contributed by atoms with Crippen molar-refractivity contribution in [1.29, 1.82) is 0 Å². The highest BCUT2D eigenvalue weighted by Crippen LogP contribution is 2.38. The number of nitrogens with one attached hydrogen (secondary N) is 1. The van der Waals surface area contributed by atoms with Crippen LogP contribution in [0.5, 0.6) is 0 Å². The molecule has 0 heterocycles. The Morgan fingerprint density at radius 2 is 1.52 bits per heavy atom. The van der Waals surface area contributed by atoms with Crippen LogP contribution in [0.25, 0.3) is 5.57 Å². The summed E-state index contributed by atoms with van der Waals surface area (Å²) < 4.78 is 0. The summed E-state index contributed by atoms with van der Waals surface area (Å²) >= 11 is 0. The van der Waals surface area contributed by atoms with E-state index in [1.807, 2.05) is 6.07 Å².